The molecule has 0 bridgehead atoms. The lowest BCUT2D eigenvalue weighted by Crippen LogP contribution is -2.39. The Morgan fingerprint density at radius 2 is 2.04 bits per heavy atom. The Balaban J connectivity index is 1.33. The van der Waals surface area contributed by atoms with E-state index < -0.39 is 0 Å². The summed E-state index contributed by atoms with van der Waals surface area (Å²) in [5.41, 5.74) is 0.586. The average Bonchev–Trinajstić information content (AvgIpc) is 3.16. The molecule has 1 saturated carbocycles. The predicted octanol–water partition coefficient (Wildman–Crippen LogP) is 4.61. The molecule has 3 aromatic rings. The number of aromatic nitrogens is 1. The molecule has 2 aromatic heterocycles. The number of rotatable bonds is 5. The smallest absolute Gasteiger partial charge is 0.287 e. The number of ether oxygens (including phenoxy) is 2. The predicted molar refractivity (Wildman–Crippen MR) is 106 cm³/mol. The van der Waals surface area contributed by atoms with E-state index in [1.807, 2.05) is 18.2 Å². The molecule has 0 spiro atoms. The fourth-order valence-electron chi connectivity index (χ4n) is 3.49. The van der Waals surface area contributed by atoms with Crippen LogP contribution in [0.2, 0.25) is 5.02 Å². The summed E-state index contributed by atoms with van der Waals surface area (Å²) in [5, 5.41) is 4.49. The first-order chi connectivity index (χ1) is 13.6. The molecule has 0 unspecified atom stereocenters. The third-order valence-corrected chi connectivity index (χ3v) is 5.17. The minimum absolute atomic E-state index is 0.0947. The molecule has 1 N–H and O–H groups in total. The molecule has 0 saturated heterocycles. The second-order valence-corrected chi connectivity index (χ2v) is 7.31. The minimum Gasteiger partial charge on any atom is -0.493 e. The molecule has 1 amide bonds. The number of carbonyl (C=O) groups is 1. The summed E-state index contributed by atoms with van der Waals surface area (Å²) in [6.07, 6.45) is 5.05. The van der Waals surface area contributed by atoms with E-state index in [0.717, 1.165) is 31.1 Å². The van der Waals surface area contributed by atoms with Gasteiger partial charge in [-0.3, -0.25) is 4.79 Å². The van der Waals surface area contributed by atoms with E-state index >= 15 is 0 Å². The molecular weight excluding hydrogens is 380 g/mol. The molecule has 0 atom stereocenters. The van der Waals surface area contributed by atoms with Gasteiger partial charge in [0.1, 0.15) is 6.10 Å². The van der Waals surface area contributed by atoms with Crippen molar-refractivity contribution in [3.63, 3.8) is 0 Å². The van der Waals surface area contributed by atoms with Crippen LogP contribution in [0.1, 0.15) is 36.2 Å². The molecule has 1 fully saturated rings. The van der Waals surface area contributed by atoms with Crippen molar-refractivity contribution in [2.45, 2.75) is 37.8 Å². The van der Waals surface area contributed by atoms with Crippen molar-refractivity contribution in [1.29, 1.82) is 0 Å². The Labute approximate surface area is 167 Å². The quantitative estimate of drug-likeness (QED) is 0.677. The van der Waals surface area contributed by atoms with Crippen molar-refractivity contribution < 1.29 is 18.7 Å². The third-order valence-electron chi connectivity index (χ3n) is 4.95. The van der Waals surface area contributed by atoms with E-state index in [1.54, 1.807) is 31.5 Å². The van der Waals surface area contributed by atoms with Crippen LogP contribution in [-0.4, -0.2) is 30.1 Å². The van der Waals surface area contributed by atoms with Crippen molar-refractivity contribution in [2.24, 2.45) is 0 Å². The highest BCUT2D eigenvalue weighted by Crippen LogP contribution is 2.29. The van der Waals surface area contributed by atoms with Crippen LogP contribution in [0.15, 0.2) is 47.0 Å². The van der Waals surface area contributed by atoms with Crippen LogP contribution in [0.4, 0.5) is 0 Å². The van der Waals surface area contributed by atoms with Gasteiger partial charge in [-0.05, 0) is 43.9 Å². The Morgan fingerprint density at radius 1 is 1.21 bits per heavy atom. The molecule has 6 nitrogen and oxygen atoms in total. The fourth-order valence-corrected chi connectivity index (χ4v) is 3.61. The van der Waals surface area contributed by atoms with Gasteiger partial charge in [0.25, 0.3) is 5.91 Å². The molecule has 0 aliphatic heterocycles. The minimum atomic E-state index is -0.206. The van der Waals surface area contributed by atoms with Crippen LogP contribution in [0.3, 0.4) is 0 Å². The van der Waals surface area contributed by atoms with Crippen LogP contribution >= 0.6 is 11.6 Å². The van der Waals surface area contributed by atoms with Crippen LogP contribution < -0.4 is 14.8 Å². The molecular formula is C21H21ClN2O4. The number of nitrogens with zero attached hydrogens (tertiary/aromatic N) is 1. The number of nitrogens with one attached hydrogen (secondary N) is 1. The van der Waals surface area contributed by atoms with Crippen LogP contribution in [0, 0.1) is 0 Å². The highest BCUT2D eigenvalue weighted by atomic mass is 35.5. The summed E-state index contributed by atoms with van der Waals surface area (Å²) in [6.45, 7) is 0. The molecule has 1 aliphatic rings. The maximum atomic E-state index is 12.6. The first-order valence-corrected chi connectivity index (χ1v) is 9.66. The van der Waals surface area contributed by atoms with E-state index in [-0.39, 0.29) is 18.1 Å². The Bertz CT molecular complexity index is 962. The molecule has 2 heterocycles. The van der Waals surface area contributed by atoms with Gasteiger partial charge in [-0.2, -0.15) is 0 Å². The molecule has 7 heteroatoms. The van der Waals surface area contributed by atoms with Gasteiger partial charge in [0.2, 0.25) is 5.88 Å². The summed E-state index contributed by atoms with van der Waals surface area (Å²) in [5.74, 6) is 1.28. The number of fused-ring (bicyclic) bond motifs is 1. The van der Waals surface area contributed by atoms with Crippen molar-refractivity contribution in [1.82, 2.24) is 10.3 Å². The van der Waals surface area contributed by atoms with Crippen LogP contribution in [0.25, 0.3) is 11.0 Å². The van der Waals surface area contributed by atoms with Crippen molar-refractivity contribution in [3.05, 3.63) is 53.4 Å². The second-order valence-electron chi connectivity index (χ2n) is 6.87. The summed E-state index contributed by atoms with van der Waals surface area (Å²) in [7, 11) is 1.58. The van der Waals surface area contributed by atoms with Gasteiger partial charge in [-0.15, -0.1) is 0 Å². The Hall–Kier alpha value is -2.73. The van der Waals surface area contributed by atoms with Crippen LogP contribution in [-0.2, 0) is 0 Å². The number of amides is 1. The molecule has 146 valence electrons. The molecule has 4 rings (SSSR count). The lowest BCUT2D eigenvalue weighted by atomic mass is 9.93. The number of hydrogen-bond donors (Lipinski definition) is 1. The number of benzene rings is 1. The van der Waals surface area contributed by atoms with E-state index in [0.29, 0.717) is 28.0 Å². The number of hydrogen-bond acceptors (Lipinski definition) is 5. The lowest BCUT2D eigenvalue weighted by molar-refractivity contribution is 0.0865. The maximum Gasteiger partial charge on any atom is 0.287 e. The highest BCUT2D eigenvalue weighted by Gasteiger charge is 2.25. The number of methoxy groups -OCH3 is 1. The highest BCUT2D eigenvalue weighted by molar-refractivity contribution is 6.30. The van der Waals surface area contributed by atoms with Crippen molar-refractivity contribution in [3.8, 4) is 11.6 Å². The zero-order valence-corrected chi connectivity index (χ0v) is 16.2. The van der Waals surface area contributed by atoms with Gasteiger partial charge in [0, 0.05) is 23.7 Å². The summed E-state index contributed by atoms with van der Waals surface area (Å²) in [6, 6.07) is 10.9. The van der Waals surface area contributed by atoms with E-state index in [2.05, 4.69) is 10.3 Å². The average molecular weight is 401 g/mol. The largest absolute Gasteiger partial charge is 0.493 e. The van der Waals surface area contributed by atoms with E-state index in [4.69, 9.17) is 25.5 Å². The SMILES string of the molecule is COc1cccc2cc(C(=O)NC3CCC(Oc4ccc(Cl)cn4)CC3)oc12. The van der Waals surface area contributed by atoms with Gasteiger partial charge in [0.15, 0.2) is 17.1 Å². The van der Waals surface area contributed by atoms with Crippen LogP contribution in [0.5, 0.6) is 11.6 Å². The Morgan fingerprint density at radius 3 is 2.75 bits per heavy atom. The molecule has 28 heavy (non-hydrogen) atoms. The van der Waals surface area contributed by atoms with Crippen molar-refractivity contribution in [2.75, 3.05) is 7.11 Å². The van der Waals surface area contributed by atoms with Gasteiger partial charge in [-0.1, -0.05) is 23.7 Å². The molecule has 1 aromatic carbocycles. The van der Waals surface area contributed by atoms with Gasteiger partial charge in [-0.25, -0.2) is 4.98 Å². The van der Waals surface area contributed by atoms with Gasteiger partial charge in [0.05, 0.1) is 12.1 Å². The standard InChI is InChI=1S/C21H21ClN2O4/c1-26-17-4-2-3-13-11-18(28-20(13)17)21(25)24-15-6-8-16(9-7-15)27-19-10-5-14(22)12-23-19/h2-5,10-12,15-16H,6-9H2,1H3,(H,24,25). The van der Waals surface area contributed by atoms with Gasteiger partial charge < -0.3 is 19.2 Å². The number of carbonyl (C=O) groups excluding carboxylic acids is 1. The topological polar surface area (TPSA) is 73.6 Å². The second kappa shape index (κ2) is 8.10. The number of halogens is 1. The normalized spacial score (nSPS) is 19.4. The van der Waals surface area contributed by atoms with Crippen molar-refractivity contribution >= 4 is 28.5 Å². The first-order valence-electron chi connectivity index (χ1n) is 9.28. The maximum absolute atomic E-state index is 12.6. The third kappa shape index (κ3) is 4.07. The number of furan rings is 1. The van der Waals surface area contributed by atoms with Gasteiger partial charge >= 0.3 is 0 Å². The molecule has 0 radical (unpaired) electrons. The zero-order valence-electron chi connectivity index (χ0n) is 15.5. The molecule has 1 aliphatic carbocycles. The van der Waals surface area contributed by atoms with E-state index in [1.165, 1.54) is 0 Å². The summed E-state index contributed by atoms with van der Waals surface area (Å²) in [4.78, 5) is 16.8. The summed E-state index contributed by atoms with van der Waals surface area (Å²) < 4.78 is 16.9. The fraction of sp³-hybridized carbons (Fsp3) is 0.333. The zero-order chi connectivity index (χ0) is 19.5. The Kier molecular flexibility index (Phi) is 5.39. The van der Waals surface area contributed by atoms with E-state index in [9.17, 15) is 4.79 Å². The summed E-state index contributed by atoms with van der Waals surface area (Å²) >= 11 is 5.84. The monoisotopic (exact) mass is 400 g/mol. The lowest BCUT2D eigenvalue weighted by Gasteiger charge is -2.29. The number of pyridine rings is 1. The first kappa shape index (κ1) is 18.6. The number of para-hydroxylation sites is 1.